The largest absolute Gasteiger partial charge is 0.0827 e. The summed E-state index contributed by atoms with van der Waals surface area (Å²) in [6, 6.07) is 6.86. The molecule has 0 atom stereocenters. The minimum Gasteiger partial charge on any atom is -0.0827 e. The summed E-state index contributed by atoms with van der Waals surface area (Å²) in [6.07, 6.45) is 5.08. The van der Waals surface area contributed by atoms with Crippen molar-refractivity contribution in [2.75, 3.05) is 0 Å². The molecule has 69 valence electrons. The Morgan fingerprint density at radius 3 is 2.62 bits per heavy atom. The summed E-state index contributed by atoms with van der Waals surface area (Å²) in [4.78, 5) is 0. The number of hydrogen-bond donors (Lipinski definition) is 0. The molecule has 1 radical (unpaired) electrons. The molecule has 1 fully saturated rings. The molecule has 0 N–H and O–H groups in total. The summed E-state index contributed by atoms with van der Waals surface area (Å²) in [5.41, 5.74) is 1.12. The van der Waals surface area contributed by atoms with Crippen molar-refractivity contribution < 1.29 is 0 Å². The zero-order valence-corrected chi connectivity index (χ0v) is 8.83. The fourth-order valence-corrected chi connectivity index (χ4v) is 2.42. The minimum absolute atomic E-state index is 0.589. The molecule has 0 bridgehead atoms. The van der Waals surface area contributed by atoms with Gasteiger partial charge in [-0.25, -0.2) is 0 Å². The van der Waals surface area contributed by atoms with Gasteiger partial charge in [-0.3, -0.25) is 0 Å². The lowest BCUT2D eigenvalue weighted by Gasteiger charge is -2.11. The molecule has 0 aliphatic heterocycles. The van der Waals surface area contributed by atoms with Crippen LogP contribution in [0.15, 0.2) is 12.1 Å². The maximum Gasteiger partial charge on any atom is 0.0633 e. The summed E-state index contributed by atoms with van der Waals surface area (Å²) in [5, 5.41) is 1.36. The van der Waals surface area contributed by atoms with E-state index in [1.54, 1.807) is 6.07 Å². The Hall–Kier alpha value is -0.200. The van der Waals surface area contributed by atoms with Gasteiger partial charge in [-0.15, -0.1) is 0 Å². The average molecular weight is 214 g/mol. The molecule has 1 aromatic rings. The van der Waals surface area contributed by atoms with Crippen molar-refractivity contribution in [3.63, 3.8) is 0 Å². The van der Waals surface area contributed by atoms with Crippen LogP contribution < -0.4 is 0 Å². The molecule has 1 aromatic carbocycles. The van der Waals surface area contributed by atoms with E-state index in [1.807, 2.05) is 6.07 Å². The molecular weight excluding hydrogens is 203 g/mol. The SMILES string of the molecule is Clc1cc[c]c(C2CCCC2)c1Cl. The van der Waals surface area contributed by atoms with E-state index in [0.717, 1.165) is 5.56 Å². The van der Waals surface area contributed by atoms with E-state index < -0.39 is 0 Å². The van der Waals surface area contributed by atoms with E-state index in [1.165, 1.54) is 25.7 Å². The minimum atomic E-state index is 0.589. The zero-order chi connectivity index (χ0) is 9.26. The molecule has 0 nitrogen and oxygen atoms in total. The van der Waals surface area contributed by atoms with Crippen molar-refractivity contribution in [3.05, 3.63) is 33.8 Å². The van der Waals surface area contributed by atoms with Gasteiger partial charge in [0, 0.05) is 0 Å². The highest BCUT2D eigenvalue weighted by Gasteiger charge is 2.20. The van der Waals surface area contributed by atoms with Crippen molar-refractivity contribution in [2.45, 2.75) is 31.6 Å². The van der Waals surface area contributed by atoms with Gasteiger partial charge < -0.3 is 0 Å². The van der Waals surface area contributed by atoms with Crippen molar-refractivity contribution in [2.24, 2.45) is 0 Å². The van der Waals surface area contributed by atoms with E-state index in [4.69, 9.17) is 23.2 Å². The second-order valence-electron chi connectivity index (χ2n) is 3.53. The van der Waals surface area contributed by atoms with Crippen LogP contribution in [0.5, 0.6) is 0 Å². The predicted octanol–water partition coefficient (Wildman–Crippen LogP) is 4.45. The Bertz CT molecular complexity index is 301. The Morgan fingerprint density at radius 1 is 1.23 bits per heavy atom. The summed E-state index contributed by atoms with van der Waals surface area (Å²) >= 11 is 12.1. The van der Waals surface area contributed by atoms with E-state index in [9.17, 15) is 0 Å². The second kappa shape index (κ2) is 3.89. The fourth-order valence-electron chi connectivity index (χ4n) is 1.98. The van der Waals surface area contributed by atoms with E-state index in [0.29, 0.717) is 16.0 Å². The fraction of sp³-hybridized carbons (Fsp3) is 0.455. The number of rotatable bonds is 1. The first kappa shape index (κ1) is 9.36. The first-order valence-corrected chi connectivity index (χ1v) is 5.40. The van der Waals surface area contributed by atoms with Crippen LogP contribution in [0.1, 0.15) is 37.2 Å². The molecule has 0 spiro atoms. The standard InChI is InChI=1S/C11H11Cl2/c12-10-7-3-6-9(11(10)13)8-4-1-2-5-8/h3,7-8H,1-2,4-5H2. The maximum absolute atomic E-state index is 6.11. The molecule has 0 amide bonds. The average Bonchev–Trinajstić information content (AvgIpc) is 2.62. The lowest BCUT2D eigenvalue weighted by atomic mass is 9.98. The Balaban J connectivity index is 2.33. The predicted molar refractivity (Wildman–Crippen MR) is 56.5 cm³/mol. The van der Waals surface area contributed by atoms with Crippen LogP contribution in [-0.2, 0) is 0 Å². The van der Waals surface area contributed by atoms with Crippen molar-refractivity contribution >= 4 is 23.2 Å². The van der Waals surface area contributed by atoms with Gasteiger partial charge in [-0.05, 0) is 36.5 Å². The third-order valence-electron chi connectivity index (χ3n) is 2.68. The molecule has 13 heavy (non-hydrogen) atoms. The lowest BCUT2D eigenvalue weighted by Crippen LogP contribution is -1.93. The van der Waals surface area contributed by atoms with Crippen LogP contribution in [0, 0.1) is 6.07 Å². The summed E-state index contributed by atoms with van der Waals surface area (Å²) in [5.74, 6) is 0.589. The van der Waals surface area contributed by atoms with E-state index in [-0.39, 0.29) is 0 Å². The molecule has 0 unspecified atom stereocenters. The lowest BCUT2D eigenvalue weighted by molar-refractivity contribution is 0.722. The van der Waals surface area contributed by atoms with Crippen molar-refractivity contribution in [1.29, 1.82) is 0 Å². The zero-order valence-electron chi connectivity index (χ0n) is 7.32. The number of benzene rings is 1. The van der Waals surface area contributed by atoms with Gasteiger partial charge in [0.2, 0.25) is 0 Å². The van der Waals surface area contributed by atoms with Gasteiger partial charge in [-0.1, -0.05) is 42.1 Å². The summed E-state index contributed by atoms with van der Waals surface area (Å²) in [7, 11) is 0. The molecule has 2 rings (SSSR count). The maximum atomic E-state index is 6.11. The highest BCUT2D eigenvalue weighted by atomic mass is 35.5. The first-order chi connectivity index (χ1) is 6.29. The number of hydrogen-bond acceptors (Lipinski definition) is 0. The van der Waals surface area contributed by atoms with Crippen LogP contribution in [-0.4, -0.2) is 0 Å². The van der Waals surface area contributed by atoms with Gasteiger partial charge >= 0.3 is 0 Å². The van der Waals surface area contributed by atoms with Gasteiger partial charge in [0.15, 0.2) is 0 Å². The highest BCUT2D eigenvalue weighted by Crippen LogP contribution is 2.39. The highest BCUT2D eigenvalue weighted by molar-refractivity contribution is 6.42. The van der Waals surface area contributed by atoms with Gasteiger partial charge in [0.05, 0.1) is 10.0 Å². The molecule has 0 saturated heterocycles. The third-order valence-corrected chi connectivity index (χ3v) is 3.50. The van der Waals surface area contributed by atoms with Gasteiger partial charge in [0.25, 0.3) is 0 Å². The smallest absolute Gasteiger partial charge is 0.0633 e. The van der Waals surface area contributed by atoms with Crippen LogP contribution in [0.25, 0.3) is 0 Å². The summed E-state index contributed by atoms with van der Waals surface area (Å²) < 4.78 is 0. The normalized spacial score (nSPS) is 18.0. The van der Waals surface area contributed by atoms with E-state index in [2.05, 4.69) is 6.07 Å². The van der Waals surface area contributed by atoms with Crippen molar-refractivity contribution in [1.82, 2.24) is 0 Å². The topological polar surface area (TPSA) is 0 Å². The van der Waals surface area contributed by atoms with Gasteiger partial charge in [-0.2, -0.15) is 0 Å². The Kier molecular flexibility index (Phi) is 2.80. The Labute approximate surface area is 88.9 Å². The second-order valence-corrected chi connectivity index (χ2v) is 4.32. The Morgan fingerprint density at radius 2 is 1.92 bits per heavy atom. The molecule has 1 aliphatic rings. The molecule has 0 aromatic heterocycles. The first-order valence-electron chi connectivity index (χ1n) is 4.64. The quantitative estimate of drug-likeness (QED) is 0.647. The molecule has 0 heterocycles. The van der Waals surface area contributed by atoms with Gasteiger partial charge in [0.1, 0.15) is 0 Å². The number of halogens is 2. The van der Waals surface area contributed by atoms with Crippen LogP contribution in [0.2, 0.25) is 10.0 Å². The van der Waals surface area contributed by atoms with Crippen molar-refractivity contribution in [3.8, 4) is 0 Å². The monoisotopic (exact) mass is 213 g/mol. The third kappa shape index (κ3) is 1.84. The summed E-state index contributed by atoms with van der Waals surface area (Å²) in [6.45, 7) is 0. The molecule has 1 saturated carbocycles. The van der Waals surface area contributed by atoms with E-state index >= 15 is 0 Å². The van der Waals surface area contributed by atoms with Crippen LogP contribution >= 0.6 is 23.2 Å². The van der Waals surface area contributed by atoms with Crippen LogP contribution in [0.4, 0.5) is 0 Å². The van der Waals surface area contributed by atoms with Crippen LogP contribution in [0.3, 0.4) is 0 Å². The molecule has 2 heteroatoms. The molecule has 1 aliphatic carbocycles. The molecular formula is C11H11Cl2.